The fraction of sp³-hybridized carbons (Fsp3) is 0.241. The quantitative estimate of drug-likeness (QED) is 0.497. The molecular weight excluding hydrogens is 438 g/mol. The van der Waals surface area contributed by atoms with Crippen molar-refractivity contribution >= 4 is 34.4 Å². The lowest BCUT2D eigenvalue weighted by molar-refractivity contribution is -0.120. The molecule has 2 aliphatic heterocycles. The number of carbonyl (C=O) groups is 2. The molecular formula is C29H29N3O3. The van der Waals surface area contributed by atoms with Gasteiger partial charge < -0.3 is 15.0 Å². The molecule has 1 fully saturated rings. The Hall–Kier alpha value is -4.06. The van der Waals surface area contributed by atoms with Gasteiger partial charge in [-0.05, 0) is 72.9 Å². The van der Waals surface area contributed by atoms with Crippen LogP contribution in [0.3, 0.4) is 0 Å². The summed E-state index contributed by atoms with van der Waals surface area (Å²) >= 11 is 0. The predicted molar refractivity (Wildman–Crippen MR) is 140 cm³/mol. The van der Waals surface area contributed by atoms with Crippen molar-refractivity contribution in [3.63, 3.8) is 0 Å². The van der Waals surface area contributed by atoms with Crippen molar-refractivity contribution in [1.82, 2.24) is 0 Å². The molecule has 0 saturated carbocycles. The summed E-state index contributed by atoms with van der Waals surface area (Å²) < 4.78 is 5.26. The zero-order valence-electron chi connectivity index (χ0n) is 20.0. The van der Waals surface area contributed by atoms with Crippen LogP contribution in [0.1, 0.15) is 25.3 Å². The number of ether oxygens (including phenoxy) is 1. The van der Waals surface area contributed by atoms with E-state index in [0.29, 0.717) is 22.6 Å². The van der Waals surface area contributed by atoms with E-state index >= 15 is 0 Å². The van der Waals surface area contributed by atoms with E-state index in [2.05, 4.69) is 29.3 Å². The van der Waals surface area contributed by atoms with Gasteiger partial charge in [0.1, 0.15) is 11.4 Å². The van der Waals surface area contributed by atoms with Crippen LogP contribution in [-0.4, -0.2) is 32.0 Å². The molecule has 0 bridgehead atoms. The molecule has 3 aromatic carbocycles. The monoisotopic (exact) mass is 467 g/mol. The molecule has 2 amide bonds. The number of nitrogens with zero attached hydrogens (tertiary/aromatic N) is 2. The van der Waals surface area contributed by atoms with Gasteiger partial charge in [-0.1, -0.05) is 37.3 Å². The number of imide groups is 1. The Morgan fingerprint density at radius 3 is 2.09 bits per heavy atom. The molecule has 1 saturated heterocycles. The van der Waals surface area contributed by atoms with Crippen molar-refractivity contribution in [3.8, 4) is 5.75 Å². The van der Waals surface area contributed by atoms with Crippen LogP contribution >= 0.6 is 0 Å². The fourth-order valence-electron chi connectivity index (χ4n) is 4.65. The first-order valence-electron chi connectivity index (χ1n) is 12.0. The molecule has 6 heteroatoms. The van der Waals surface area contributed by atoms with Crippen LogP contribution in [0.2, 0.25) is 0 Å². The van der Waals surface area contributed by atoms with Crippen LogP contribution in [0, 0.1) is 5.92 Å². The minimum Gasteiger partial charge on any atom is -0.497 e. The second kappa shape index (κ2) is 9.66. The van der Waals surface area contributed by atoms with E-state index in [1.54, 1.807) is 43.5 Å². The largest absolute Gasteiger partial charge is 0.497 e. The van der Waals surface area contributed by atoms with Gasteiger partial charge in [-0.15, -0.1) is 0 Å². The van der Waals surface area contributed by atoms with Gasteiger partial charge in [-0.25, -0.2) is 4.90 Å². The molecule has 0 atom stereocenters. The minimum atomic E-state index is -0.374. The zero-order chi connectivity index (χ0) is 24.4. The second-order valence-corrected chi connectivity index (χ2v) is 9.10. The van der Waals surface area contributed by atoms with E-state index in [-0.39, 0.29) is 17.5 Å². The van der Waals surface area contributed by atoms with Crippen LogP contribution in [-0.2, 0) is 9.59 Å². The van der Waals surface area contributed by atoms with Gasteiger partial charge in [-0.2, -0.15) is 0 Å². The summed E-state index contributed by atoms with van der Waals surface area (Å²) in [7, 11) is 1.59. The van der Waals surface area contributed by atoms with E-state index in [0.717, 1.165) is 24.7 Å². The van der Waals surface area contributed by atoms with Crippen molar-refractivity contribution in [1.29, 1.82) is 0 Å². The lowest BCUT2D eigenvalue weighted by Gasteiger charge is -2.32. The second-order valence-electron chi connectivity index (χ2n) is 9.10. The number of hydrogen-bond acceptors (Lipinski definition) is 5. The van der Waals surface area contributed by atoms with Gasteiger partial charge in [0.15, 0.2) is 0 Å². The third-order valence-electron chi connectivity index (χ3n) is 6.76. The highest BCUT2D eigenvalue weighted by molar-refractivity contribution is 6.46. The Kier molecular flexibility index (Phi) is 6.27. The Morgan fingerprint density at radius 1 is 0.800 bits per heavy atom. The normalized spacial score (nSPS) is 16.7. The molecule has 0 radical (unpaired) electrons. The number of benzene rings is 3. The molecule has 3 aromatic rings. The standard InChI is InChI=1S/C29H29N3O3/c1-20-16-18-31(19-17-20)23-12-10-22(11-13-23)30-27-26(21-8-14-25(35-2)15-9-21)28(33)32(29(27)34)24-6-4-3-5-7-24/h3-15,20,30H,16-19H2,1-2H3. The van der Waals surface area contributed by atoms with Crippen molar-refractivity contribution in [3.05, 3.63) is 90.1 Å². The van der Waals surface area contributed by atoms with Crippen molar-refractivity contribution in [2.75, 3.05) is 35.3 Å². The molecule has 6 nitrogen and oxygen atoms in total. The summed E-state index contributed by atoms with van der Waals surface area (Å²) in [5, 5.41) is 3.25. The smallest absolute Gasteiger partial charge is 0.282 e. The highest BCUT2D eigenvalue weighted by Gasteiger charge is 2.40. The average Bonchev–Trinajstić information content (AvgIpc) is 3.14. The maximum absolute atomic E-state index is 13.5. The SMILES string of the molecule is COc1ccc(C2=C(Nc3ccc(N4CCC(C)CC4)cc3)C(=O)N(c3ccccc3)C2=O)cc1. The fourth-order valence-corrected chi connectivity index (χ4v) is 4.65. The van der Waals surface area contributed by atoms with Gasteiger partial charge >= 0.3 is 0 Å². The number of nitrogens with one attached hydrogen (secondary N) is 1. The number of amides is 2. The van der Waals surface area contributed by atoms with Gasteiger partial charge in [0.25, 0.3) is 11.8 Å². The maximum Gasteiger partial charge on any atom is 0.282 e. The number of piperidine rings is 1. The van der Waals surface area contributed by atoms with E-state index in [1.165, 1.54) is 23.4 Å². The summed E-state index contributed by atoms with van der Waals surface area (Å²) in [6, 6.07) is 24.3. The van der Waals surface area contributed by atoms with Crippen LogP contribution in [0.4, 0.5) is 17.1 Å². The summed E-state index contributed by atoms with van der Waals surface area (Å²) in [6.45, 7) is 4.41. The van der Waals surface area contributed by atoms with Gasteiger partial charge in [0, 0.05) is 24.5 Å². The summed E-state index contributed by atoms with van der Waals surface area (Å²) in [6.07, 6.45) is 2.40. The van der Waals surface area contributed by atoms with Gasteiger partial charge in [-0.3, -0.25) is 9.59 Å². The molecule has 178 valence electrons. The Labute approximate surface area is 205 Å². The van der Waals surface area contributed by atoms with Crippen LogP contribution in [0.25, 0.3) is 5.57 Å². The van der Waals surface area contributed by atoms with Gasteiger partial charge in [0.2, 0.25) is 0 Å². The van der Waals surface area contributed by atoms with Crippen LogP contribution < -0.4 is 19.9 Å². The van der Waals surface area contributed by atoms with Crippen LogP contribution in [0.15, 0.2) is 84.6 Å². The summed E-state index contributed by atoms with van der Waals surface area (Å²) in [5.41, 5.74) is 3.74. The van der Waals surface area contributed by atoms with Crippen molar-refractivity contribution < 1.29 is 14.3 Å². The summed E-state index contributed by atoms with van der Waals surface area (Å²) in [5.74, 6) is 0.728. The first-order valence-corrected chi connectivity index (χ1v) is 12.0. The maximum atomic E-state index is 13.5. The molecule has 0 aliphatic carbocycles. The molecule has 35 heavy (non-hydrogen) atoms. The lowest BCUT2D eigenvalue weighted by atomic mass is 9.99. The number of methoxy groups -OCH3 is 1. The van der Waals surface area contributed by atoms with Crippen molar-refractivity contribution in [2.45, 2.75) is 19.8 Å². The number of anilines is 3. The lowest BCUT2D eigenvalue weighted by Crippen LogP contribution is -2.32. The predicted octanol–water partition coefficient (Wildman–Crippen LogP) is 5.33. The van der Waals surface area contributed by atoms with Gasteiger partial charge in [0.05, 0.1) is 18.4 Å². The van der Waals surface area contributed by atoms with E-state index < -0.39 is 0 Å². The number of carbonyl (C=O) groups excluding carboxylic acids is 2. The highest BCUT2D eigenvalue weighted by atomic mass is 16.5. The van der Waals surface area contributed by atoms with E-state index in [1.807, 2.05) is 30.3 Å². The topological polar surface area (TPSA) is 61.9 Å². The molecule has 1 N–H and O–H groups in total. The molecule has 2 aliphatic rings. The first-order chi connectivity index (χ1) is 17.0. The Morgan fingerprint density at radius 2 is 1.46 bits per heavy atom. The third-order valence-corrected chi connectivity index (χ3v) is 6.76. The zero-order valence-corrected chi connectivity index (χ0v) is 20.0. The van der Waals surface area contributed by atoms with E-state index in [9.17, 15) is 9.59 Å². The third kappa shape index (κ3) is 4.52. The summed E-state index contributed by atoms with van der Waals surface area (Å²) in [4.78, 5) is 30.7. The molecule has 0 unspecified atom stereocenters. The molecule has 0 aromatic heterocycles. The molecule has 2 heterocycles. The number of rotatable bonds is 6. The van der Waals surface area contributed by atoms with Crippen LogP contribution in [0.5, 0.6) is 5.75 Å². The highest BCUT2D eigenvalue weighted by Crippen LogP contribution is 2.34. The Balaban J connectivity index is 1.47. The Bertz CT molecular complexity index is 1240. The number of hydrogen-bond donors (Lipinski definition) is 1. The molecule has 0 spiro atoms. The molecule has 5 rings (SSSR count). The van der Waals surface area contributed by atoms with E-state index in [4.69, 9.17) is 4.74 Å². The average molecular weight is 468 g/mol. The first kappa shape index (κ1) is 22.7. The van der Waals surface area contributed by atoms with Crippen molar-refractivity contribution in [2.24, 2.45) is 5.92 Å². The minimum absolute atomic E-state index is 0.267. The number of para-hydroxylation sites is 1.